The van der Waals surface area contributed by atoms with Crippen LogP contribution in [0.4, 0.5) is 4.39 Å². The predicted octanol–water partition coefficient (Wildman–Crippen LogP) is 3.04. The molecule has 0 saturated carbocycles. The van der Waals surface area contributed by atoms with Crippen molar-refractivity contribution in [1.29, 1.82) is 0 Å². The Bertz CT molecular complexity index is 1030. The Balaban J connectivity index is 1.72. The number of nitrogens with zero attached hydrogens (tertiary/aromatic N) is 3. The van der Waals surface area contributed by atoms with Gasteiger partial charge in [0.05, 0.1) is 34.1 Å². The third-order valence-corrected chi connectivity index (χ3v) is 6.44. The van der Waals surface area contributed by atoms with Crippen LogP contribution in [0.25, 0.3) is 11.3 Å². The topological polar surface area (TPSA) is 92.1 Å². The molecule has 3 aromatic rings. The number of benzene rings is 1. The molecule has 1 aromatic carbocycles. The number of hydrogen-bond acceptors (Lipinski definition) is 5. The van der Waals surface area contributed by atoms with Gasteiger partial charge in [-0.2, -0.15) is 9.40 Å². The number of sulfonamides is 1. The second-order valence-corrected chi connectivity index (χ2v) is 8.15. The summed E-state index contributed by atoms with van der Waals surface area (Å²) < 4.78 is 46.0. The third kappa shape index (κ3) is 2.82. The molecule has 136 valence electrons. The minimum atomic E-state index is -3.75. The van der Waals surface area contributed by atoms with E-state index in [1.165, 1.54) is 16.4 Å². The van der Waals surface area contributed by atoms with E-state index in [9.17, 15) is 12.8 Å². The number of nitrogens with one attached hydrogen (secondary N) is 1. The summed E-state index contributed by atoms with van der Waals surface area (Å²) in [4.78, 5) is 0.0716. The summed E-state index contributed by atoms with van der Waals surface area (Å²) in [5.41, 5.74) is 2.09. The first-order valence-corrected chi connectivity index (χ1v) is 9.65. The first-order valence-electron chi connectivity index (χ1n) is 8.21. The maximum absolute atomic E-state index is 13.2. The molecule has 0 spiro atoms. The average molecular weight is 376 g/mol. The second kappa shape index (κ2) is 6.33. The molecular weight excluding hydrogens is 359 g/mol. The van der Waals surface area contributed by atoms with Gasteiger partial charge in [0.15, 0.2) is 5.76 Å². The van der Waals surface area contributed by atoms with Gasteiger partial charge >= 0.3 is 0 Å². The summed E-state index contributed by atoms with van der Waals surface area (Å²) in [7, 11) is -3.75. The van der Waals surface area contributed by atoms with Gasteiger partial charge in [0.2, 0.25) is 10.0 Å². The zero-order valence-electron chi connectivity index (χ0n) is 14.0. The summed E-state index contributed by atoms with van der Waals surface area (Å²) in [5, 5.41) is 10.9. The van der Waals surface area contributed by atoms with E-state index in [0.717, 1.165) is 24.2 Å². The first-order chi connectivity index (χ1) is 12.5. The molecule has 1 atom stereocenters. The third-order valence-electron chi connectivity index (χ3n) is 4.52. The Hall–Kier alpha value is -2.52. The fourth-order valence-electron chi connectivity index (χ4n) is 3.30. The van der Waals surface area contributed by atoms with Gasteiger partial charge in [0.25, 0.3) is 0 Å². The van der Waals surface area contributed by atoms with Crippen molar-refractivity contribution in [3.63, 3.8) is 0 Å². The normalized spacial score (nSPS) is 18.5. The van der Waals surface area contributed by atoms with E-state index in [1.54, 1.807) is 12.3 Å². The summed E-state index contributed by atoms with van der Waals surface area (Å²) in [5.74, 6) is 0.0655. The van der Waals surface area contributed by atoms with Gasteiger partial charge in [0.1, 0.15) is 5.82 Å². The van der Waals surface area contributed by atoms with Gasteiger partial charge in [-0.05, 0) is 44.0 Å². The molecule has 9 heteroatoms. The van der Waals surface area contributed by atoms with Crippen LogP contribution in [0.3, 0.4) is 0 Å². The van der Waals surface area contributed by atoms with Crippen LogP contribution in [-0.2, 0) is 10.0 Å². The Morgan fingerprint density at radius 1 is 1.31 bits per heavy atom. The molecule has 0 radical (unpaired) electrons. The van der Waals surface area contributed by atoms with Crippen LogP contribution in [0.5, 0.6) is 0 Å². The van der Waals surface area contributed by atoms with Crippen molar-refractivity contribution in [2.75, 3.05) is 6.54 Å². The Morgan fingerprint density at radius 2 is 2.08 bits per heavy atom. The largest absolute Gasteiger partial charge is 0.356 e. The number of aromatic nitrogens is 3. The van der Waals surface area contributed by atoms with Crippen molar-refractivity contribution >= 4 is 10.0 Å². The van der Waals surface area contributed by atoms with E-state index in [4.69, 9.17) is 4.52 Å². The van der Waals surface area contributed by atoms with Crippen molar-refractivity contribution in [2.45, 2.75) is 30.7 Å². The Morgan fingerprint density at radius 3 is 2.77 bits per heavy atom. The summed E-state index contributed by atoms with van der Waals surface area (Å²) in [6.07, 6.45) is 2.98. The summed E-state index contributed by atoms with van der Waals surface area (Å²) in [6.45, 7) is 2.20. The number of hydrogen-bond donors (Lipinski definition) is 1. The van der Waals surface area contributed by atoms with Gasteiger partial charge in [-0.25, -0.2) is 12.8 Å². The molecule has 0 amide bonds. The molecule has 1 fully saturated rings. The van der Waals surface area contributed by atoms with Crippen LogP contribution in [0.2, 0.25) is 0 Å². The van der Waals surface area contributed by atoms with Gasteiger partial charge in [-0.1, -0.05) is 5.16 Å². The van der Waals surface area contributed by atoms with Gasteiger partial charge < -0.3 is 4.52 Å². The fourth-order valence-corrected chi connectivity index (χ4v) is 4.96. The van der Waals surface area contributed by atoms with Crippen LogP contribution in [-0.4, -0.2) is 34.6 Å². The molecular formula is C17H17FN4O3S. The molecule has 4 rings (SSSR count). The highest BCUT2D eigenvalue weighted by molar-refractivity contribution is 7.89. The smallest absolute Gasteiger partial charge is 0.243 e. The molecule has 26 heavy (non-hydrogen) atoms. The van der Waals surface area contributed by atoms with Crippen LogP contribution < -0.4 is 0 Å². The van der Waals surface area contributed by atoms with E-state index in [2.05, 4.69) is 15.4 Å². The summed E-state index contributed by atoms with van der Waals surface area (Å²) >= 11 is 0. The second-order valence-electron chi connectivity index (χ2n) is 6.26. The predicted molar refractivity (Wildman–Crippen MR) is 91.1 cm³/mol. The maximum atomic E-state index is 13.2. The van der Waals surface area contributed by atoms with Gasteiger partial charge in [-0.3, -0.25) is 5.10 Å². The molecule has 1 unspecified atom stereocenters. The zero-order valence-corrected chi connectivity index (χ0v) is 14.8. The number of aromatic amines is 1. The molecule has 1 aliphatic heterocycles. The Kier molecular flexibility index (Phi) is 4.12. The van der Waals surface area contributed by atoms with Crippen molar-refractivity contribution in [3.05, 3.63) is 53.7 Å². The minimum Gasteiger partial charge on any atom is -0.356 e. The van der Waals surface area contributed by atoms with E-state index in [-0.39, 0.29) is 4.90 Å². The van der Waals surface area contributed by atoms with E-state index < -0.39 is 21.9 Å². The van der Waals surface area contributed by atoms with Crippen molar-refractivity contribution in [2.24, 2.45) is 0 Å². The number of rotatable bonds is 4. The highest BCUT2D eigenvalue weighted by Gasteiger charge is 2.38. The van der Waals surface area contributed by atoms with Crippen molar-refractivity contribution < 1.29 is 17.3 Å². The average Bonchev–Trinajstić information content (AvgIpc) is 3.34. The molecule has 0 bridgehead atoms. The van der Waals surface area contributed by atoms with Crippen LogP contribution >= 0.6 is 0 Å². The highest BCUT2D eigenvalue weighted by atomic mass is 32.2. The number of halogens is 1. The molecule has 7 nitrogen and oxygen atoms in total. The Labute approximate surface area is 149 Å². The monoisotopic (exact) mass is 376 g/mol. The minimum absolute atomic E-state index is 0.0716. The van der Waals surface area contributed by atoms with Crippen LogP contribution in [0, 0.1) is 12.7 Å². The quantitative estimate of drug-likeness (QED) is 0.756. The molecule has 1 saturated heterocycles. The van der Waals surface area contributed by atoms with E-state index in [1.807, 2.05) is 6.92 Å². The highest BCUT2D eigenvalue weighted by Crippen LogP contribution is 2.39. The van der Waals surface area contributed by atoms with Crippen molar-refractivity contribution in [1.82, 2.24) is 19.7 Å². The first kappa shape index (κ1) is 16.9. The van der Waals surface area contributed by atoms with Gasteiger partial charge in [0, 0.05) is 12.6 Å². The van der Waals surface area contributed by atoms with Crippen LogP contribution in [0.1, 0.15) is 30.3 Å². The van der Waals surface area contributed by atoms with Crippen LogP contribution in [0.15, 0.2) is 45.9 Å². The number of aryl methyl sites for hydroxylation is 1. The lowest BCUT2D eigenvalue weighted by molar-refractivity contribution is 0.388. The fraction of sp³-hybridized carbons (Fsp3) is 0.294. The molecule has 2 aromatic heterocycles. The van der Waals surface area contributed by atoms with E-state index in [0.29, 0.717) is 30.0 Å². The molecule has 3 heterocycles. The SMILES string of the molecule is Cc1cc(-c2cn[nH]c2C2CCCN2S(=O)(=O)c2ccc(F)cc2)on1. The van der Waals surface area contributed by atoms with Gasteiger partial charge in [-0.15, -0.1) is 0 Å². The maximum Gasteiger partial charge on any atom is 0.243 e. The summed E-state index contributed by atoms with van der Waals surface area (Å²) in [6, 6.07) is 6.25. The molecule has 1 N–H and O–H groups in total. The number of H-pyrrole nitrogens is 1. The van der Waals surface area contributed by atoms with E-state index >= 15 is 0 Å². The lowest BCUT2D eigenvalue weighted by Crippen LogP contribution is -2.31. The molecule has 0 aliphatic carbocycles. The standard InChI is InChI=1S/C17H17FN4O3S/c1-11-9-16(25-21-11)14-10-19-20-17(14)15-3-2-8-22(15)26(23,24)13-6-4-12(18)5-7-13/h4-7,9-10,15H,2-3,8H2,1H3,(H,19,20). The zero-order chi connectivity index (χ0) is 18.3. The molecule has 1 aliphatic rings. The lowest BCUT2D eigenvalue weighted by atomic mass is 10.1. The lowest BCUT2D eigenvalue weighted by Gasteiger charge is -2.23. The van der Waals surface area contributed by atoms with Crippen molar-refractivity contribution in [3.8, 4) is 11.3 Å².